The fourth-order valence-electron chi connectivity index (χ4n) is 2.83. The molecule has 0 aliphatic rings. The Hall–Kier alpha value is -3.89. The molecule has 0 radical (unpaired) electrons. The minimum absolute atomic E-state index is 0.182. The Morgan fingerprint density at radius 1 is 0.941 bits per heavy atom. The van der Waals surface area contributed by atoms with Crippen molar-refractivity contribution in [1.29, 1.82) is 0 Å². The van der Waals surface area contributed by atoms with Gasteiger partial charge in [0, 0.05) is 16.8 Å². The van der Waals surface area contributed by atoms with Crippen LogP contribution in [0, 0.1) is 0 Å². The molecule has 11 heteroatoms. The Balaban J connectivity index is 1.70. The van der Waals surface area contributed by atoms with Crippen molar-refractivity contribution in [3.05, 3.63) is 82.5 Å². The first-order chi connectivity index (χ1) is 16.1. The SMILES string of the molecule is CC(Sc1cccc(NC(=O)c2ccc(C(=O)O)cc2C(=O)O)c1)C(=O)Nc1ccc(Cl)cn1. The van der Waals surface area contributed by atoms with Gasteiger partial charge in [0.1, 0.15) is 5.82 Å². The summed E-state index contributed by atoms with van der Waals surface area (Å²) in [4.78, 5) is 52.5. The molecule has 34 heavy (non-hydrogen) atoms. The summed E-state index contributed by atoms with van der Waals surface area (Å²) < 4.78 is 0. The fraction of sp³-hybridized carbons (Fsp3) is 0.0870. The zero-order valence-electron chi connectivity index (χ0n) is 17.6. The second-order valence-corrected chi connectivity index (χ2v) is 8.81. The minimum Gasteiger partial charge on any atom is -0.478 e. The topological polar surface area (TPSA) is 146 Å². The molecule has 0 bridgehead atoms. The summed E-state index contributed by atoms with van der Waals surface area (Å²) in [5, 5.41) is 23.7. The Bertz CT molecular complexity index is 1270. The molecule has 1 heterocycles. The number of amides is 2. The summed E-state index contributed by atoms with van der Waals surface area (Å²) in [5.41, 5.74) is -0.475. The van der Waals surface area contributed by atoms with Gasteiger partial charge in [0.15, 0.2) is 0 Å². The number of pyridine rings is 1. The van der Waals surface area contributed by atoms with Crippen molar-refractivity contribution in [2.24, 2.45) is 0 Å². The number of carbonyl (C=O) groups is 4. The lowest BCUT2D eigenvalue weighted by atomic mass is 10.0. The van der Waals surface area contributed by atoms with Crippen molar-refractivity contribution in [2.75, 3.05) is 10.6 Å². The van der Waals surface area contributed by atoms with Crippen molar-refractivity contribution in [2.45, 2.75) is 17.1 Å². The first-order valence-electron chi connectivity index (χ1n) is 9.75. The van der Waals surface area contributed by atoms with Gasteiger partial charge in [-0.1, -0.05) is 17.7 Å². The van der Waals surface area contributed by atoms with Crippen molar-refractivity contribution in [3.63, 3.8) is 0 Å². The number of nitrogens with zero attached hydrogens (tertiary/aromatic N) is 1. The number of carbonyl (C=O) groups excluding carboxylic acids is 2. The van der Waals surface area contributed by atoms with Crippen LogP contribution in [0.1, 0.15) is 38.0 Å². The van der Waals surface area contributed by atoms with Crippen molar-refractivity contribution >= 4 is 58.6 Å². The summed E-state index contributed by atoms with van der Waals surface area (Å²) in [6, 6.07) is 13.1. The molecule has 4 N–H and O–H groups in total. The van der Waals surface area contributed by atoms with Gasteiger partial charge in [-0.3, -0.25) is 9.59 Å². The molecule has 9 nitrogen and oxygen atoms in total. The van der Waals surface area contributed by atoms with Gasteiger partial charge in [0.05, 0.1) is 27.0 Å². The van der Waals surface area contributed by atoms with E-state index in [1.165, 1.54) is 18.0 Å². The quantitative estimate of drug-likeness (QED) is 0.331. The van der Waals surface area contributed by atoms with Crippen LogP contribution in [0.5, 0.6) is 0 Å². The summed E-state index contributed by atoms with van der Waals surface area (Å²) >= 11 is 7.04. The smallest absolute Gasteiger partial charge is 0.336 e. The van der Waals surface area contributed by atoms with Crippen LogP contribution in [0.4, 0.5) is 11.5 Å². The maximum absolute atomic E-state index is 12.7. The first-order valence-corrected chi connectivity index (χ1v) is 11.0. The molecule has 2 aromatic carbocycles. The van der Waals surface area contributed by atoms with Gasteiger partial charge in [-0.25, -0.2) is 14.6 Å². The molecule has 0 aliphatic carbocycles. The van der Waals surface area contributed by atoms with Crippen molar-refractivity contribution < 1.29 is 29.4 Å². The lowest BCUT2D eigenvalue weighted by molar-refractivity contribution is -0.115. The number of carboxylic acids is 2. The first kappa shape index (κ1) is 24.7. The third-order valence-electron chi connectivity index (χ3n) is 4.49. The van der Waals surface area contributed by atoms with E-state index < -0.39 is 28.7 Å². The number of thioether (sulfide) groups is 1. The van der Waals surface area contributed by atoms with Gasteiger partial charge in [0.2, 0.25) is 5.91 Å². The van der Waals surface area contributed by atoms with Crippen molar-refractivity contribution in [3.8, 4) is 0 Å². The number of carboxylic acid groups (broad SMARTS) is 2. The van der Waals surface area contributed by atoms with Crippen molar-refractivity contribution in [1.82, 2.24) is 4.98 Å². The predicted molar refractivity (Wildman–Crippen MR) is 128 cm³/mol. The van der Waals surface area contributed by atoms with E-state index in [1.807, 2.05) is 0 Å². The predicted octanol–water partition coefficient (Wildman–Crippen LogP) is 4.50. The van der Waals surface area contributed by atoms with E-state index in [4.69, 9.17) is 16.7 Å². The third kappa shape index (κ3) is 6.33. The van der Waals surface area contributed by atoms with Crippen LogP contribution in [-0.4, -0.2) is 44.2 Å². The molecule has 1 aromatic heterocycles. The molecule has 3 rings (SSSR count). The lowest BCUT2D eigenvalue weighted by Gasteiger charge is -2.13. The normalized spacial score (nSPS) is 11.4. The molecule has 174 valence electrons. The molecular weight excluding hydrogens is 482 g/mol. The van der Waals surface area contributed by atoms with Crippen LogP contribution in [-0.2, 0) is 4.79 Å². The Kier molecular flexibility index (Phi) is 7.87. The van der Waals surface area contributed by atoms with E-state index in [9.17, 15) is 24.3 Å². The second kappa shape index (κ2) is 10.8. The van der Waals surface area contributed by atoms with E-state index in [0.717, 1.165) is 18.2 Å². The molecule has 1 atom stereocenters. The van der Waals surface area contributed by atoms with Gasteiger partial charge >= 0.3 is 11.9 Å². The monoisotopic (exact) mass is 499 g/mol. The van der Waals surface area contributed by atoms with Gasteiger partial charge in [-0.2, -0.15) is 0 Å². The fourth-order valence-corrected chi connectivity index (χ4v) is 3.87. The molecule has 0 aliphatic heterocycles. The van der Waals surface area contributed by atoms with E-state index in [0.29, 0.717) is 21.4 Å². The second-order valence-electron chi connectivity index (χ2n) is 6.96. The van der Waals surface area contributed by atoms with Crippen LogP contribution >= 0.6 is 23.4 Å². The number of hydrogen-bond acceptors (Lipinski definition) is 6. The van der Waals surface area contributed by atoms with E-state index in [1.54, 1.807) is 43.3 Å². The zero-order chi connectivity index (χ0) is 24.8. The van der Waals surface area contributed by atoms with E-state index in [-0.39, 0.29) is 17.0 Å². The molecular formula is C23H18ClN3O6S. The number of halogens is 1. The Labute approximate surface area is 203 Å². The molecule has 2 amide bonds. The number of nitrogens with one attached hydrogen (secondary N) is 2. The highest BCUT2D eigenvalue weighted by Crippen LogP contribution is 2.27. The van der Waals surface area contributed by atoms with Gasteiger partial charge in [-0.15, -0.1) is 11.8 Å². The van der Waals surface area contributed by atoms with Crippen LogP contribution in [0.2, 0.25) is 5.02 Å². The average Bonchev–Trinajstić information content (AvgIpc) is 2.80. The molecule has 0 saturated heterocycles. The molecule has 0 fully saturated rings. The van der Waals surface area contributed by atoms with Crippen LogP contribution in [0.3, 0.4) is 0 Å². The summed E-state index contributed by atoms with van der Waals surface area (Å²) in [6.45, 7) is 1.71. The van der Waals surface area contributed by atoms with Gasteiger partial charge < -0.3 is 20.8 Å². The standard InChI is InChI=1S/C23H18ClN3O6S/c1-12(20(28)27-19-8-6-14(24)11-25-19)34-16-4-2-3-15(10-16)26-21(29)17-7-5-13(22(30)31)9-18(17)23(32)33/h2-12H,1H3,(H,26,29)(H,30,31)(H,32,33)(H,25,27,28). The zero-order valence-corrected chi connectivity index (χ0v) is 19.2. The summed E-state index contributed by atoms with van der Waals surface area (Å²) in [7, 11) is 0. The number of benzene rings is 2. The molecule has 0 spiro atoms. The number of aromatic nitrogens is 1. The molecule has 1 unspecified atom stereocenters. The average molecular weight is 500 g/mol. The molecule has 3 aromatic rings. The molecule has 0 saturated carbocycles. The minimum atomic E-state index is -1.42. The van der Waals surface area contributed by atoms with Crippen LogP contribution in [0.25, 0.3) is 0 Å². The maximum atomic E-state index is 12.7. The lowest BCUT2D eigenvalue weighted by Crippen LogP contribution is -2.22. The highest BCUT2D eigenvalue weighted by molar-refractivity contribution is 8.00. The summed E-state index contributed by atoms with van der Waals surface area (Å²) in [6.07, 6.45) is 1.42. The maximum Gasteiger partial charge on any atom is 0.336 e. The van der Waals surface area contributed by atoms with E-state index in [2.05, 4.69) is 15.6 Å². The number of rotatable bonds is 8. The number of anilines is 2. The van der Waals surface area contributed by atoms with Crippen LogP contribution in [0.15, 0.2) is 65.7 Å². The highest BCUT2D eigenvalue weighted by atomic mass is 35.5. The van der Waals surface area contributed by atoms with Crippen LogP contribution < -0.4 is 10.6 Å². The Morgan fingerprint density at radius 3 is 2.35 bits per heavy atom. The third-order valence-corrected chi connectivity index (χ3v) is 5.81. The largest absolute Gasteiger partial charge is 0.478 e. The van der Waals surface area contributed by atoms with E-state index >= 15 is 0 Å². The number of aromatic carboxylic acids is 2. The van der Waals surface area contributed by atoms with Gasteiger partial charge in [0.25, 0.3) is 5.91 Å². The Morgan fingerprint density at radius 2 is 1.71 bits per heavy atom. The highest BCUT2D eigenvalue weighted by Gasteiger charge is 2.20. The number of hydrogen-bond donors (Lipinski definition) is 4. The van der Waals surface area contributed by atoms with Gasteiger partial charge in [-0.05, 0) is 55.5 Å². The summed E-state index contributed by atoms with van der Waals surface area (Å²) in [5.74, 6) is -3.35.